The van der Waals surface area contributed by atoms with Crippen LogP contribution in [0.25, 0.3) is 0 Å². The van der Waals surface area contributed by atoms with Crippen molar-refractivity contribution in [2.75, 3.05) is 11.9 Å². The summed E-state index contributed by atoms with van der Waals surface area (Å²) in [6.07, 6.45) is 0. The minimum Gasteiger partial charge on any atom is -0.365 e. The number of Topliss-reactive ketones (excluding diaryl/α,β-unsaturated/α-hetero) is 1. The van der Waals surface area contributed by atoms with E-state index in [0.717, 1.165) is 5.56 Å². The lowest BCUT2D eigenvalue weighted by Gasteiger charge is -2.19. The lowest BCUT2D eigenvalue weighted by molar-refractivity contribution is -0.384. The maximum atomic E-state index is 11.4. The van der Waals surface area contributed by atoms with Gasteiger partial charge in [-0.25, -0.2) is 0 Å². The van der Waals surface area contributed by atoms with Crippen LogP contribution in [0.2, 0.25) is 5.02 Å². The van der Waals surface area contributed by atoms with Crippen LogP contribution in [0.5, 0.6) is 0 Å². The molecule has 5 nitrogen and oxygen atoms in total. The standard InChI is InChI=1S/C16H15ClN2O3/c1-11(20)13-5-8-15(16(9-13)19(21)22)18(2)10-12-3-6-14(17)7-4-12/h3-9H,10H2,1-2H3. The second-order valence-corrected chi connectivity index (χ2v) is 5.44. The van der Waals surface area contributed by atoms with E-state index in [1.165, 1.54) is 13.0 Å². The van der Waals surface area contributed by atoms with Gasteiger partial charge in [-0.1, -0.05) is 23.7 Å². The average molecular weight is 319 g/mol. The van der Waals surface area contributed by atoms with E-state index in [-0.39, 0.29) is 11.5 Å². The van der Waals surface area contributed by atoms with Crippen LogP contribution in [0.15, 0.2) is 42.5 Å². The maximum Gasteiger partial charge on any atom is 0.293 e. The summed E-state index contributed by atoms with van der Waals surface area (Å²) >= 11 is 5.84. The smallest absolute Gasteiger partial charge is 0.293 e. The number of ketones is 1. The van der Waals surface area contributed by atoms with Crippen molar-refractivity contribution in [3.8, 4) is 0 Å². The Balaban J connectivity index is 2.32. The Morgan fingerprint density at radius 3 is 2.41 bits per heavy atom. The molecule has 22 heavy (non-hydrogen) atoms. The molecule has 0 N–H and O–H groups in total. The summed E-state index contributed by atoms with van der Waals surface area (Å²) in [6, 6.07) is 11.8. The van der Waals surface area contributed by atoms with Crippen LogP contribution in [0, 0.1) is 10.1 Å². The molecule has 0 atom stereocenters. The highest BCUT2D eigenvalue weighted by Crippen LogP contribution is 2.29. The van der Waals surface area contributed by atoms with Gasteiger partial charge in [-0.05, 0) is 36.8 Å². The number of hydrogen-bond donors (Lipinski definition) is 0. The highest BCUT2D eigenvalue weighted by Gasteiger charge is 2.19. The quantitative estimate of drug-likeness (QED) is 0.473. The number of carbonyl (C=O) groups excluding carboxylic acids is 1. The van der Waals surface area contributed by atoms with Crippen LogP contribution in [0.1, 0.15) is 22.8 Å². The van der Waals surface area contributed by atoms with Crippen LogP contribution >= 0.6 is 11.6 Å². The lowest BCUT2D eigenvalue weighted by atomic mass is 10.1. The van der Waals surface area contributed by atoms with Gasteiger partial charge in [-0.15, -0.1) is 0 Å². The van der Waals surface area contributed by atoms with Crippen LogP contribution < -0.4 is 4.90 Å². The number of rotatable bonds is 5. The van der Waals surface area contributed by atoms with Gasteiger partial charge in [0.1, 0.15) is 5.69 Å². The molecular formula is C16H15ClN2O3. The van der Waals surface area contributed by atoms with Crippen molar-refractivity contribution < 1.29 is 9.72 Å². The molecule has 0 aliphatic carbocycles. The van der Waals surface area contributed by atoms with Crippen molar-refractivity contribution in [1.29, 1.82) is 0 Å². The Morgan fingerprint density at radius 1 is 1.23 bits per heavy atom. The van der Waals surface area contributed by atoms with Gasteiger partial charge < -0.3 is 4.90 Å². The SMILES string of the molecule is CC(=O)c1ccc(N(C)Cc2ccc(Cl)cc2)c([N+](=O)[O-])c1. The molecule has 0 saturated carbocycles. The van der Waals surface area contributed by atoms with Gasteiger partial charge in [0.2, 0.25) is 0 Å². The Morgan fingerprint density at radius 2 is 1.86 bits per heavy atom. The van der Waals surface area contributed by atoms with Gasteiger partial charge in [0.25, 0.3) is 5.69 Å². The predicted octanol–water partition coefficient (Wildman–Crippen LogP) is 4.09. The second-order valence-electron chi connectivity index (χ2n) is 5.00. The number of hydrogen-bond acceptors (Lipinski definition) is 4. The zero-order chi connectivity index (χ0) is 16.3. The summed E-state index contributed by atoms with van der Waals surface area (Å²) in [5, 5.41) is 11.9. The summed E-state index contributed by atoms with van der Waals surface area (Å²) < 4.78 is 0. The summed E-state index contributed by atoms with van der Waals surface area (Å²) in [7, 11) is 1.77. The summed E-state index contributed by atoms with van der Waals surface area (Å²) in [5.74, 6) is -0.199. The molecule has 2 aromatic carbocycles. The molecule has 0 heterocycles. The monoisotopic (exact) mass is 318 g/mol. The molecule has 6 heteroatoms. The van der Waals surface area contributed by atoms with Gasteiger partial charge in [0.15, 0.2) is 5.78 Å². The molecule has 0 saturated heterocycles. The van der Waals surface area contributed by atoms with Crippen molar-refractivity contribution in [3.63, 3.8) is 0 Å². The van der Waals surface area contributed by atoms with E-state index < -0.39 is 4.92 Å². The summed E-state index contributed by atoms with van der Waals surface area (Å²) in [4.78, 5) is 23.9. The molecule has 114 valence electrons. The number of carbonyl (C=O) groups is 1. The van der Waals surface area contributed by atoms with Gasteiger partial charge in [0, 0.05) is 30.2 Å². The summed E-state index contributed by atoms with van der Waals surface area (Å²) in [5.41, 5.74) is 1.70. The lowest BCUT2D eigenvalue weighted by Crippen LogP contribution is -2.18. The maximum absolute atomic E-state index is 11.4. The van der Waals surface area contributed by atoms with Gasteiger partial charge in [-0.3, -0.25) is 14.9 Å². The largest absolute Gasteiger partial charge is 0.365 e. The number of benzene rings is 2. The highest BCUT2D eigenvalue weighted by atomic mass is 35.5. The zero-order valence-electron chi connectivity index (χ0n) is 12.2. The third-order valence-corrected chi connectivity index (χ3v) is 3.57. The molecule has 2 aromatic rings. The molecule has 0 fully saturated rings. The predicted molar refractivity (Wildman–Crippen MR) is 86.7 cm³/mol. The van der Waals surface area contributed by atoms with Gasteiger partial charge in [-0.2, -0.15) is 0 Å². The Hall–Kier alpha value is -2.40. The molecule has 0 aliphatic rings. The number of anilines is 1. The van der Waals surface area contributed by atoms with E-state index >= 15 is 0 Å². The van der Waals surface area contributed by atoms with Gasteiger partial charge in [0.05, 0.1) is 4.92 Å². The fraction of sp³-hybridized carbons (Fsp3) is 0.188. The topological polar surface area (TPSA) is 63.5 Å². The molecular weight excluding hydrogens is 304 g/mol. The zero-order valence-corrected chi connectivity index (χ0v) is 13.0. The first-order chi connectivity index (χ1) is 10.4. The molecule has 0 amide bonds. The van der Waals surface area contributed by atoms with Crippen LogP contribution in [0.3, 0.4) is 0 Å². The first-order valence-electron chi connectivity index (χ1n) is 6.63. The van der Waals surface area contributed by atoms with Crippen molar-refractivity contribution in [3.05, 3.63) is 68.7 Å². The van der Waals surface area contributed by atoms with E-state index in [0.29, 0.717) is 22.8 Å². The number of halogens is 1. The second kappa shape index (κ2) is 6.58. The molecule has 2 rings (SSSR count). The molecule has 0 spiro atoms. The number of nitro groups is 1. The third-order valence-electron chi connectivity index (χ3n) is 3.32. The fourth-order valence-corrected chi connectivity index (χ4v) is 2.29. The van der Waals surface area contributed by atoms with Gasteiger partial charge >= 0.3 is 0 Å². The molecule has 0 radical (unpaired) electrons. The molecule has 0 unspecified atom stereocenters. The first kappa shape index (κ1) is 16.0. The van der Waals surface area contributed by atoms with Crippen LogP contribution in [0.4, 0.5) is 11.4 Å². The van der Waals surface area contributed by atoms with E-state index in [1.54, 1.807) is 36.2 Å². The van der Waals surface area contributed by atoms with Crippen molar-refractivity contribution in [1.82, 2.24) is 0 Å². The van der Waals surface area contributed by atoms with Crippen LogP contribution in [-0.4, -0.2) is 17.8 Å². The average Bonchev–Trinajstić information content (AvgIpc) is 2.48. The van der Waals surface area contributed by atoms with E-state index in [2.05, 4.69) is 0 Å². The van der Waals surface area contributed by atoms with Crippen molar-refractivity contribution in [2.24, 2.45) is 0 Å². The highest BCUT2D eigenvalue weighted by molar-refractivity contribution is 6.30. The number of nitrogens with zero attached hydrogens (tertiary/aromatic N) is 2. The van der Waals surface area contributed by atoms with Crippen LogP contribution in [-0.2, 0) is 6.54 Å². The Bertz CT molecular complexity index is 714. The first-order valence-corrected chi connectivity index (χ1v) is 7.01. The Kier molecular flexibility index (Phi) is 4.78. The molecule has 0 bridgehead atoms. The molecule has 0 aliphatic heterocycles. The normalized spacial score (nSPS) is 10.3. The minimum atomic E-state index is -0.472. The van der Waals surface area contributed by atoms with Crippen molar-refractivity contribution in [2.45, 2.75) is 13.5 Å². The minimum absolute atomic E-state index is 0.0795. The van der Waals surface area contributed by atoms with E-state index in [4.69, 9.17) is 11.6 Å². The number of nitro benzene ring substituents is 1. The van der Waals surface area contributed by atoms with E-state index in [9.17, 15) is 14.9 Å². The summed E-state index contributed by atoms with van der Waals surface area (Å²) in [6.45, 7) is 1.88. The third kappa shape index (κ3) is 3.62. The molecule has 0 aromatic heterocycles. The Labute approximate surface area is 133 Å². The fourth-order valence-electron chi connectivity index (χ4n) is 2.16. The van der Waals surface area contributed by atoms with Crippen molar-refractivity contribution >= 4 is 28.8 Å². The van der Waals surface area contributed by atoms with E-state index in [1.807, 2.05) is 12.1 Å².